The lowest BCUT2D eigenvalue weighted by Gasteiger charge is -2.18. The molecule has 5 heteroatoms. The quantitative estimate of drug-likeness (QED) is 0.538. The number of aliphatic hydroxyl groups excluding tert-OH is 1. The van der Waals surface area contributed by atoms with E-state index >= 15 is 0 Å². The summed E-state index contributed by atoms with van der Waals surface area (Å²) >= 11 is 0. The van der Waals surface area contributed by atoms with E-state index in [0.29, 0.717) is 0 Å². The highest BCUT2D eigenvalue weighted by atomic mass is 19.1. The van der Waals surface area contributed by atoms with E-state index in [-0.39, 0.29) is 11.6 Å². The summed E-state index contributed by atoms with van der Waals surface area (Å²) in [4.78, 5) is 0. The first-order chi connectivity index (χ1) is 14.7. The molecule has 0 spiro atoms. The average molecular weight is 413 g/mol. The van der Waals surface area contributed by atoms with Crippen molar-refractivity contribution in [3.05, 3.63) is 89.5 Å². The summed E-state index contributed by atoms with van der Waals surface area (Å²) in [5.41, 5.74) is 5.70. The average Bonchev–Trinajstić information content (AvgIpc) is 2.80. The maximum atomic E-state index is 13.2. The van der Waals surface area contributed by atoms with E-state index in [1.165, 1.54) is 35.9 Å². The molecule has 1 heterocycles. The summed E-state index contributed by atoms with van der Waals surface area (Å²) in [5, 5.41) is 13.5. The number of nitrogens with one attached hydrogen (secondary N) is 2. The van der Waals surface area contributed by atoms with E-state index < -0.39 is 0 Å². The maximum Gasteiger partial charge on any atom is 0.123 e. The topological polar surface area (TPSA) is 44.3 Å². The van der Waals surface area contributed by atoms with Gasteiger partial charge in [0.1, 0.15) is 11.6 Å². The number of rotatable bonds is 4. The van der Waals surface area contributed by atoms with Gasteiger partial charge in [-0.05, 0) is 78.0 Å². The van der Waals surface area contributed by atoms with Crippen LogP contribution in [0.5, 0.6) is 0 Å². The molecule has 160 valence electrons. The first kappa shape index (κ1) is 23.5. The van der Waals surface area contributed by atoms with Crippen molar-refractivity contribution in [3.63, 3.8) is 0 Å². The molecule has 0 fully saturated rings. The number of halogens is 2. The zero-order chi connectivity index (χ0) is 21.8. The summed E-state index contributed by atoms with van der Waals surface area (Å²) in [6, 6.07) is 19.6. The van der Waals surface area contributed by atoms with Crippen molar-refractivity contribution >= 4 is 5.69 Å². The number of hydrogen-bond acceptors (Lipinski definition) is 3. The van der Waals surface area contributed by atoms with Crippen LogP contribution in [0.1, 0.15) is 24.5 Å². The number of hydrogen-bond donors (Lipinski definition) is 3. The minimum atomic E-state index is -0.182. The molecule has 3 aromatic rings. The summed E-state index contributed by atoms with van der Waals surface area (Å²) in [6.45, 7) is 4.85. The summed E-state index contributed by atoms with van der Waals surface area (Å²) < 4.78 is 25.6. The van der Waals surface area contributed by atoms with Crippen LogP contribution >= 0.6 is 0 Å². The Morgan fingerprint density at radius 1 is 0.900 bits per heavy atom. The van der Waals surface area contributed by atoms with Crippen LogP contribution in [0.2, 0.25) is 0 Å². The summed E-state index contributed by atoms with van der Waals surface area (Å²) in [7, 11) is 1.00. The highest BCUT2D eigenvalue weighted by Gasteiger charge is 2.09. The molecule has 30 heavy (non-hydrogen) atoms. The molecule has 1 aliphatic rings. The van der Waals surface area contributed by atoms with E-state index in [1.807, 2.05) is 19.1 Å². The Kier molecular flexibility index (Phi) is 9.98. The van der Waals surface area contributed by atoms with Crippen LogP contribution in [0, 0.1) is 11.6 Å². The van der Waals surface area contributed by atoms with E-state index in [4.69, 9.17) is 5.11 Å². The molecule has 0 aliphatic carbocycles. The van der Waals surface area contributed by atoms with Crippen molar-refractivity contribution in [1.29, 1.82) is 0 Å². The van der Waals surface area contributed by atoms with Crippen LogP contribution in [0.3, 0.4) is 0 Å². The predicted octanol–water partition coefficient (Wildman–Crippen LogP) is 5.39. The van der Waals surface area contributed by atoms with Gasteiger partial charge in [0.25, 0.3) is 0 Å². The molecule has 0 aromatic heterocycles. The molecule has 0 atom stereocenters. The predicted molar refractivity (Wildman–Crippen MR) is 121 cm³/mol. The van der Waals surface area contributed by atoms with Gasteiger partial charge in [-0.3, -0.25) is 0 Å². The SMILES string of the molecule is CCNCc1ccc(F)cc1.CO.Fc1cccc(-c2ccc3c(c2)CCCN3)c1. The molecule has 0 saturated carbocycles. The van der Waals surface area contributed by atoms with Gasteiger partial charge in [-0.15, -0.1) is 0 Å². The molecule has 3 aromatic carbocycles. The number of aliphatic hydroxyl groups is 1. The van der Waals surface area contributed by atoms with Crippen LogP contribution in [0.15, 0.2) is 66.7 Å². The third kappa shape index (κ3) is 7.25. The van der Waals surface area contributed by atoms with Crippen molar-refractivity contribution in [2.24, 2.45) is 0 Å². The molecule has 0 unspecified atom stereocenters. The van der Waals surface area contributed by atoms with E-state index in [9.17, 15) is 8.78 Å². The van der Waals surface area contributed by atoms with E-state index in [1.54, 1.807) is 24.3 Å². The smallest absolute Gasteiger partial charge is 0.123 e. The third-order valence-corrected chi connectivity index (χ3v) is 4.69. The largest absolute Gasteiger partial charge is 0.400 e. The Morgan fingerprint density at radius 2 is 1.63 bits per heavy atom. The van der Waals surface area contributed by atoms with Crippen LogP contribution in [-0.2, 0) is 13.0 Å². The maximum absolute atomic E-state index is 13.2. The van der Waals surface area contributed by atoms with Crippen molar-refractivity contribution in [3.8, 4) is 11.1 Å². The standard InChI is InChI=1S/C15H14FN.C9H12FN.CH4O/c16-14-5-1-3-11(10-14)12-6-7-15-13(9-12)4-2-8-17-15;1-2-11-7-8-3-5-9(10)6-4-8;1-2/h1,3,5-7,9-10,17H,2,4,8H2;3-6,11H,2,7H2,1H3;2H,1H3. The number of aryl methyl sites for hydroxylation is 1. The fourth-order valence-corrected chi connectivity index (χ4v) is 3.19. The van der Waals surface area contributed by atoms with Crippen molar-refractivity contribution in [2.45, 2.75) is 26.3 Å². The molecular formula is C25H30F2N2O. The fourth-order valence-electron chi connectivity index (χ4n) is 3.19. The Balaban J connectivity index is 0.000000215. The fraction of sp³-hybridized carbons (Fsp3) is 0.280. The molecule has 0 bridgehead atoms. The summed E-state index contributed by atoms with van der Waals surface area (Å²) in [6.07, 6.45) is 2.27. The van der Waals surface area contributed by atoms with Gasteiger partial charge in [0.2, 0.25) is 0 Å². The number of fused-ring (bicyclic) bond motifs is 1. The van der Waals surface area contributed by atoms with Gasteiger partial charge in [0.15, 0.2) is 0 Å². The van der Waals surface area contributed by atoms with Crippen LogP contribution < -0.4 is 10.6 Å². The normalized spacial score (nSPS) is 11.8. The molecule has 4 rings (SSSR count). The lowest BCUT2D eigenvalue weighted by atomic mass is 9.97. The second-order valence-electron chi connectivity index (χ2n) is 6.82. The lowest BCUT2D eigenvalue weighted by molar-refractivity contribution is 0.399. The minimum Gasteiger partial charge on any atom is -0.400 e. The highest BCUT2D eigenvalue weighted by Crippen LogP contribution is 2.28. The molecule has 3 nitrogen and oxygen atoms in total. The third-order valence-electron chi connectivity index (χ3n) is 4.69. The first-order valence-electron chi connectivity index (χ1n) is 10.2. The highest BCUT2D eigenvalue weighted by molar-refractivity contribution is 5.69. The van der Waals surface area contributed by atoms with Crippen molar-refractivity contribution < 1.29 is 13.9 Å². The zero-order valence-electron chi connectivity index (χ0n) is 17.6. The van der Waals surface area contributed by atoms with Crippen molar-refractivity contribution in [2.75, 3.05) is 25.5 Å². The van der Waals surface area contributed by atoms with Gasteiger partial charge in [-0.25, -0.2) is 8.78 Å². The zero-order valence-corrected chi connectivity index (χ0v) is 17.6. The number of benzene rings is 3. The van der Waals surface area contributed by atoms with Gasteiger partial charge in [0.05, 0.1) is 0 Å². The Morgan fingerprint density at radius 3 is 2.33 bits per heavy atom. The van der Waals surface area contributed by atoms with Crippen molar-refractivity contribution in [1.82, 2.24) is 5.32 Å². The molecular weight excluding hydrogens is 382 g/mol. The molecule has 0 amide bonds. The Hall–Kier alpha value is -2.76. The van der Waals surface area contributed by atoms with Crippen LogP contribution in [0.25, 0.3) is 11.1 Å². The lowest BCUT2D eigenvalue weighted by Crippen LogP contribution is -2.11. The minimum absolute atomic E-state index is 0.176. The Labute approximate surface area is 177 Å². The molecule has 0 radical (unpaired) electrons. The molecule has 1 aliphatic heterocycles. The second kappa shape index (κ2) is 12.7. The van der Waals surface area contributed by atoms with E-state index in [0.717, 1.165) is 49.9 Å². The van der Waals surface area contributed by atoms with E-state index in [2.05, 4.69) is 22.8 Å². The van der Waals surface area contributed by atoms with Gasteiger partial charge in [-0.2, -0.15) is 0 Å². The second-order valence-corrected chi connectivity index (χ2v) is 6.82. The first-order valence-corrected chi connectivity index (χ1v) is 10.2. The Bertz CT molecular complexity index is 898. The summed E-state index contributed by atoms with van der Waals surface area (Å²) in [5.74, 6) is -0.358. The number of anilines is 1. The van der Waals surface area contributed by atoms with Crippen LogP contribution in [0.4, 0.5) is 14.5 Å². The van der Waals surface area contributed by atoms with Crippen LogP contribution in [-0.4, -0.2) is 25.3 Å². The van der Waals surface area contributed by atoms with Gasteiger partial charge in [0, 0.05) is 25.9 Å². The monoisotopic (exact) mass is 412 g/mol. The molecule has 0 saturated heterocycles. The van der Waals surface area contributed by atoms with Gasteiger partial charge >= 0.3 is 0 Å². The van der Waals surface area contributed by atoms with Gasteiger partial charge in [-0.1, -0.05) is 37.3 Å². The molecule has 3 N–H and O–H groups in total. The van der Waals surface area contributed by atoms with Gasteiger partial charge < -0.3 is 15.7 Å².